The van der Waals surface area contributed by atoms with Crippen LogP contribution in [0.2, 0.25) is 0 Å². The summed E-state index contributed by atoms with van der Waals surface area (Å²) in [4.78, 5) is 2.36. The summed E-state index contributed by atoms with van der Waals surface area (Å²) < 4.78 is 27.4. The molecule has 1 atom stereocenters. The first-order chi connectivity index (χ1) is 12.1. The summed E-state index contributed by atoms with van der Waals surface area (Å²) in [5, 5.41) is 1.24. The van der Waals surface area contributed by atoms with Crippen molar-refractivity contribution in [2.45, 2.75) is 18.9 Å². The lowest BCUT2D eigenvalue weighted by molar-refractivity contribution is 0.246. The van der Waals surface area contributed by atoms with E-state index in [1.807, 2.05) is 48.5 Å². The van der Waals surface area contributed by atoms with Crippen molar-refractivity contribution in [3.63, 3.8) is 0 Å². The number of rotatable bonds is 7. The molecule has 0 bridgehead atoms. The van der Waals surface area contributed by atoms with Crippen molar-refractivity contribution < 1.29 is 8.42 Å². The van der Waals surface area contributed by atoms with Crippen LogP contribution in [0.5, 0.6) is 0 Å². The van der Waals surface area contributed by atoms with Crippen LogP contribution in [0.3, 0.4) is 0 Å². The molecule has 0 spiro atoms. The molecule has 1 saturated heterocycles. The molecule has 5 heteroatoms. The van der Waals surface area contributed by atoms with Crippen LogP contribution >= 0.6 is 0 Å². The van der Waals surface area contributed by atoms with Crippen LogP contribution in [-0.4, -0.2) is 33.0 Å². The second-order valence-electron chi connectivity index (χ2n) is 6.28. The van der Waals surface area contributed by atoms with Gasteiger partial charge >= 0.3 is 0 Å². The predicted octanol–water partition coefficient (Wildman–Crippen LogP) is 3.41. The van der Waals surface area contributed by atoms with Gasteiger partial charge in [-0.3, -0.25) is 4.90 Å². The first-order valence-corrected chi connectivity index (χ1v) is 10.2. The molecule has 2 aromatic carbocycles. The minimum absolute atomic E-state index is 0.0728. The van der Waals surface area contributed by atoms with E-state index in [1.165, 1.54) is 18.2 Å². The van der Waals surface area contributed by atoms with E-state index in [9.17, 15) is 8.42 Å². The highest BCUT2D eigenvalue weighted by molar-refractivity contribution is 7.92. The smallest absolute Gasteiger partial charge is 0.233 e. The van der Waals surface area contributed by atoms with Gasteiger partial charge in [-0.25, -0.2) is 13.1 Å². The molecule has 0 saturated carbocycles. The number of hydrogen-bond donors (Lipinski definition) is 1. The van der Waals surface area contributed by atoms with Gasteiger partial charge in [0.2, 0.25) is 10.0 Å². The molecule has 4 nitrogen and oxygen atoms in total. The molecule has 1 unspecified atom stereocenters. The first-order valence-electron chi connectivity index (χ1n) is 8.66. The van der Waals surface area contributed by atoms with Crippen LogP contribution in [0.25, 0.3) is 6.08 Å². The van der Waals surface area contributed by atoms with Crippen LogP contribution < -0.4 is 4.72 Å². The Bertz CT molecular complexity index is 783. The van der Waals surface area contributed by atoms with Crippen molar-refractivity contribution in [1.29, 1.82) is 0 Å². The van der Waals surface area contributed by atoms with Gasteiger partial charge in [0, 0.05) is 18.0 Å². The van der Waals surface area contributed by atoms with Crippen molar-refractivity contribution in [1.82, 2.24) is 9.62 Å². The van der Waals surface area contributed by atoms with E-state index in [0.29, 0.717) is 6.54 Å². The summed E-state index contributed by atoms with van der Waals surface area (Å²) in [5.74, 6) is 0. The Hall–Kier alpha value is -1.95. The van der Waals surface area contributed by atoms with Crippen LogP contribution in [0, 0.1) is 0 Å². The molecule has 132 valence electrons. The third-order valence-electron chi connectivity index (χ3n) is 4.48. The maximum atomic E-state index is 12.3. The maximum absolute atomic E-state index is 12.3. The zero-order valence-electron chi connectivity index (χ0n) is 14.2. The summed E-state index contributed by atoms with van der Waals surface area (Å²) in [5.41, 5.74) is 2.02. The van der Waals surface area contributed by atoms with Gasteiger partial charge in [0.05, 0.1) is 0 Å². The fraction of sp³-hybridized carbons (Fsp3) is 0.300. The summed E-state index contributed by atoms with van der Waals surface area (Å²) in [7, 11) is -3.47. The van der Waals surface area contributed by atoms with Crippen molar-refractivity contribution in [3.8, 4) is 0 Å². The number of likely N-dealkylation sites (tertiary alicyclic amines) is 1. The molecule has 0 aliphatic carbocycles. The van der Waals surface area contributed by atoms with Crippen molar-refractivity contribution in [2.24, 2.45) is 0 Å². The molecule has 1 heterocycles. The fourth-order valence-corrected chi connectivity index (χ4v) is 3.98. The zero-order chi connectivity index (χ0) is 17.5. The monoisotopic (exact) mass is 356 g/mol. The van der Waals surface area contributed by atoms with Gasteiger partial charge in [-0.15, -0.1) is 0 Å². The first kappa shape index (κ1) is 17.9. The SMILES string of the molecule is O=S(=O)(/C=C/c1ccccc1)NCC(c1ccccc1)N1CCCC1. The van der Waals surface area contributed by atoms with Crippen LogP contribution in [0.1, 0.15) is 30.0 Å². The Morgan fingerprint density at radius 3 is 2.20 bits per heavy atom. The van der Waals surface area contributed by atoms with Gasteiger partial charge in [0.1, 0.15) is 0 Å². The van der Waals surface area contributed by atoms with Gasteiger partial charge in [0.15, 0.2) is 0 Å². The third kappa shape index (κ3) is 5.26. The lowest BCUT2D eigenvalue weighted by Gasteiger charge is -2.28. The van der Waals surface area contributed by atoms with Gasteiger partial charge < -0.3 is 0 Å². The standard InChI is InChI=1S/C20H24N2O2S/c23-25(24,16-13-18-9-3-1-4-10-18)21-17-20(22-14-7-8-15-22)19-11-5-2-6-12-19/h1-6,9-13,16,20-21H,7-8,14-15,17H2/b16-13+. The van der Waals surface area contributed by atoms with E-state index in [4.69, 9.17) is 0 Å². The Morgan fingerprint density at radius 2 is 1.56 bits per heavy atom. The Labute approximate surface area is 150 Å². The second-order valence-corrected chi connectivity index (χ2v) is 7.93. The predicted molar refractivity (Wildman–Crippen MR) is 102 cm³/mol. The normalized spacial score (nSPS) is 17.1. The fourth-order valence-electron chi connectivity index (χ4n) is 3.16. The molecule has 0 radical (unpaired) electrons. The van der Waals surface area contributed by atoms with E-state index in [2.05, 4.69) is 21.8 Å². The van der Waals surface area contributed by atoms with Gasteiger partial charge in [-0.2, -0.15) is 0 Å². The molecule has 25 heavy (non-hydrogen) atoms. The highest BCUT2D eigenvalue weighted by Crippen LogP contribution is 2.24. The van der Waals surface area contributed by atoms with E-state index in [0.717, 1.165) is 24.2 Å². The Morgan fingerprint density at radius 1 is 0.960 bits per heavy atom. The van der Waals surface area contributed by atoms with Gasteiger partial charge in [-0.1, -0.05) is 60.7 Å². The van der Waals surface area contributed by atoms with E-state index in [-0.39, 0.29) is 6.04 Å². The molecule has 1 aliphatic heterocycles. The van der Waals surface area contributed by atoms with E-state index < -0.39 is 10.0 Å². The lowest BCUT2D eigenvalue weighted by atomic mass is 10.1. The number of sulfonamides is 1. The molecule has 0 aromatic heterocycles. The number of hydrogen-bond acceptors (Lipinski definition) is 3. The number of nitrogens with zero attached hydrogens (tertiary/aromatic N) is 1. The van der Waals surface area contributed by atoms with Gasteiger partial charge in [-0.05, 0) is 43.1 Å². The molecule has 1 aliphatic rings. The van der Waals surface area contributed by atoms with E-state index >= 15 is 0 Å². The van der Waals surface area contributed by atoms with Crippen LogP contribution in [0.15, 0.2) is 66.1 Å². The molecular weight excluding hydrogens is 332 g/mol. The van der Waals surface area contributed by atoms with Crippen molar-refractivity contribution >= 4 is 16.1 Å². The maximum Gasteiger partial charge on any atom is 0.233 e. The average molecular weight is 356 g/mol. The Balaban J connectivity index is 1.68. The Kier molecular flexibility index (Phi) is 6.02. The van der Waals surface area contributed by atoms with Crippen LogP contribution in [0.4, 0.5) is 0 Å². The average Bonchev–Trinajstić information content (AvgIpc) is 3.16. The number of nitrogens with one attached hydrogen (secondary N) is 1. The van der Waals surface area contributed by atoms with Crippen LogP contribution in [-0.2, 0) is 10.0 Å². The van der Waals surface area contributed by atoms with Crippen molar-refractivity contribution in [2.75, 3.05) is 19.6 Å². The summed E-state index contributed by atoms with van der Waals surface area (Å²) in [6, 6.07) is 19.6. The third-order valence-corrected chi connectivity index (χ3v) is 5.55. The van der Waals surface area contributed by atoms with Gasteiger partial charge in [0.25, 0.3) is 0 Å². The minimum Gasteiger partial charge on any atom is -0.295 e. The topological polar surface area (TPSA) is 49.4 Å². The molecule has 2 aromatic rings. The zero-order valence-corrected chi connectivity index (χ0v) is 15.0. The molecule has 1 N–H and O–H groups in total. The number of benzene rings is 2. The molecule has 3 rings (SSSR count). The highest BCUT2D eigenvalue weighted by atomic mass is 32.2. The highest BCUT2D eigenvalue weighted by Gasteiger charge is 2.24. The minimum atomic E-state index is -3.47. The van der Waals surface area contributed by atoms with Crippen molar-refractivity contribution in [3.05, 3.63) is 77.2 Å². The summed E-state index contributed by atoms with van der Waals surface area (Å²) in [6.45, 7) is 2.41. The lowest BCUT2D eigenvalue weighted by Crippen LogP contribution is -2.36. The molecule has 1 fully saturated rings. The van der Waals surface area contributed by atoms with E-state index in [1.54, 1.807) is 6.08 Å². The summed E-state index contributed by atoms with van der Waals surface area (Å²) >= 11 is 0. The summed E-state index contributed by atoms with van der Waals surface area (Å²) in [6.07, 6.45) is 3.96. The largest absolute Gasteiger partial charge is 0.295 e. The quantitative estimate of drug-likeness (QED) is 0.827. The molecular formula is C20H24N2O2S. The second kappa shape index (κ2) is 8.43. The molecule has 0 amide bonds.